The number of para-hydroxylation sites is 1. The van der Waals surface area contributed by atoms with Crippen molar-refractivity contribution in [3.8, 4) is 5.75 Å². The molecular formula is C10H10O4. The molecule has 0 saturated heterocycles. The fourth-order valence-electron chi connectivity index (χ4n) is 0.950. The molecule has 1 aromatic carbocycles. The SMILES string of the molecule is O=CCC(Oc1ccccc1)C(=O)O. The minimum absolute atomic E-state index is 0.149. The third-order valence-corrected chi connectivity index (χ3v) is 1.61. The Morgan fingerprint density at radius 1 is 1.43 bits per heavy atom. The minimum Gasteiger partial charge on any atom is -0.478 e. The average molecular weight is 194 g/mol. The topological polar surface area (TPSA) is 63.6 Å². The number of aliphatic carboxylic acids is 1. The van der Waals surface area contributed by atoms with E-state index in [-0.39, 0.29) is 6.42 Å². The van der Waals surface area contributed by atoms with Gasteiger partial charge >= 0.3 is 5.97 Å². The number of carbonyl (C=O) groups is 2. The van der Waals surface area contributed by atoms with Crippen LogP contribution in [0.3, 0.4) is 0 Å². The van der Waals surface area contributed by atoms with Crippen molar-refractivity contribution in [3.63, 3.8) is 0 Å². The largest absolute Gasteiger partial charge is 0.478 e. The first kappa shape index (κ1) is 10.2. The second kappa shape index (κ2) is 5.01. The van der Waals surface area contributed by atoms with Crippen LogP contribution < -0.4 is 4.74 Å². The van der Waals surface area contributed by atoms with Gasteiger partial charge in [-0.05, 0) is 12.1 Å². The zero-order valence-electron chi connectivity index (χ0n) is 7.42. The van der Waals surface area contributed by atoms with E-state index in [9.17, 15) is 9.59 Å². The molecule has 0 spiro atoms. The van der Waals surface area contributed by atoms with Crippen molar-refractivity contribution in [2.24, 2.45) is 0 Å². The molecule has 0 aliphatic rings. The number of benzene rings is 1. The van der Waals surface area contributed by atoms with E-state index >= 15 is 0 Å². The van der Waals surface area contributed by atoms with Crippen LogP contribution in [0.4, 0.5) is 0 Å². The van der Waals surface area contributed by atoms with Crippen molar-refractivity contribution in [2.75, 3.05) is 0 Å². The van der Waals surface area contributed by atoms with Crippen LogP contribution in [0.2, 0.25) is 0 Å². The summed E-state index contributed by atoms with van der Waals surface area (Å²) in [6, 6.07) is 8.54. The monoisotopic (exact) mass is 194 g/mol. The van der Waals surface area contributed by atoms with Gasteiger partial charge in [-0.25, -0.2) is 4.79 Å². The van der Waals surface area contributed by atoms with E-state index in [4.69, 9.17) is 9.84 Å². The van der Waals surface area contributed by atoms with Crippen molar-refractivity contribution >= 4 is 12.3 Å². The number of carboxylic acids is 1. The highest BCUT2D eigenvalue weighted by Crippen LogP contribution is 2.11. The summed E-state index contributed by atoms with van der Waals surface area (Å²) in [6.07, 6.45) is -0.721. The van der Waals surface area contributed by atoms with Gasteiger partial charge in [-0.15, -0.1) is 0 Å². The number of rotatable bonds is 5. The van der Waals surface area contributed by atoms with E-state index in [0.717, 1.165) is 0 Å². The number of carboxylic acid groups (broad SMARTS) is 1. The molecule has 74 valence electrons. The van der Waals surface area contributed by atoms with Gasteiger partial charge in [0.05, 0.1) is 6.42 Å². The van der Waals surface area contributed by atoms with Crippen LogP contribution in [0, 0.1) is 0 Å². The average Bonchev–Trinajstić information content (AvgIpc) is 2.18. The second-order valence-corrected chi connectivity index (χ2v) is 2.66. The van der Waals surface area contributed by atoms with Crippen LogP contribution in [-0.4, -0.2) is 23.5 Å². The van der Waals surface area contributed by atoms with Crippen LogP contribution in [-0.2, 0) is 9.59 Å². The van der Waals surface area contributed by atoms with Crippen molar-refractivity contribution in [1.82, 2.24) is 0 Å². The molecule has 0 amide bonds. The molecule has 0 heterocycles. The normalized spacial score (nSPS) is 11.7. The Morgan fingerprint density at radius 2 is 2.07 bits per heavy atom. The van der Waals surface area contributed by atoms with E-state index in [1.54, 1.807) is 30.3 Å². The molecule has 4 heteroatoms. The van der Waals surface area contributed by atoms with Gasteiger partial charge in [-0.1, -0.05) is 18.2 Å². The molecular weight excluding hydrogens is 184 g/mol. The molecule has 0 fully saturated rings. The molecule has 1 unspecified atom stereocenters. The maximum absolute atomic E-state index is 10.6. The molecule has 0 radical (unpaired) electrons. The summed E-state index contributed by atoms with van der Waals surface area (Å²) in [6.45, 7) is 0. The van der Waals surface area contributed by atoms with Gasteiger partial charge in [0.1, 0.15) is 12.0 Å². The van der Waals surface area contributed by atoms with Gasteiger partial charge in [0, 0.05) is 0 Å². The Kier molecular flexibility index (Phi) is 3.67. The lowest BCUT2D eigenvalue weighted by Gasteiger charge is -2.11. The van der Waals surface area contributed by atoms with Crippen LogP contribution in [0.1, 0.15) is 6.42 Å². The number of aldehydes is 1. The zero-order valence-corrected chi connectivity index (χ0v) is 7.42. The predicted molar refractivity (Wildman–Crippen MR) is 49.2 cm³/mol. The molecule has 1 aromatic rings. The zero-order chi connectivity index (χ0) is 10.4. The smallest absolute Gasteiger partial charge is 0.345 e. The molecule has 0 bridgehead atoms. The van der Waals surface area contributed by atoms with Gasteiger partial charge in [0.2, 0.25) is 6.10 Å². The molecule has 0 aliphatic carbocycles. The van der Waals surface area contributed by atoms with Crippen LogP contribution in [0.25, 0.3) is 0 Å². The molecule has 4 nitrogen and oxygen atoms in total. The summed E-state index contributed by atoms with van der Waals surface area (Å²) in [5.41, 5.74) is 0. The lowest BCUT2D eigenvalue weighted by molar-refractivity contribution is -0.146. The molecule has 0 aliphatic heterocycles. The summed E-state index contributed by atoms with van der Waals surface area (Å²) in [5.74, 6) is -0.692. The van der Waals surface area contributed by atoms with E-state index < -0.39 is 12.1 Å². The first-order valence-corrected chi connectivity index (χ1v) is 4.12. The molecule has 1 rings (SSSR count). The lowest BCUT2D eigenvalue weighted by Crippen LogP contribution is -2.27. The standard InChI is InChI=1S/C10H10O4/c11-7-6-9(10(12)13)14-8-4-2-1-3-5-8/h1-5,7,9H,6H2,(H,12,13). The summed E-state index contributed by atoms with van der Waals surface area (Å²) >= 11 is 0. The Hall–Kier alpha value is -1.84. The Bertz CT molecular complexity index is 307. The first-order chi connectivity index (χ1) is 6.74. The van der Waals surface area contributed by atoms with E-state index in [2.05, 4.69) is 0 Å². The number of hydrogen-bond acceptors (Lipinski definition) is 3. The molecule has 1 N–H and O–H groups in total. The Labute approximate surface area is 81.1 Å². The fraction of sp³-hybridized carbons (Fsp3) is 0.200. The minimum atomic E-state index is -1.14. The summed E-state index contributed by atoms with van der Waals surface area (Å²) in [5, 5.41) is 8.68. The quantitative estimate of drug-likeness (QED) is 0.713. The van der Waals surface area contributed by atoms with Crippen LogP contribution >= 0.6 is 0 Å². The van der Waals surface area contributed by atoms with Gasteiger partial charge in [0.25, 0.3) is 0 Å². The molecule has 1 atom stereocenters. The van der Waals surface area contributed by atoms with E-state index in [1.165, 1.54) is 0 Å². The molecule has 0 saturated carbocycles. The fourth-order valence-corrected chi connectivity index (χ4v) is 0.950. The Morgan fingerprint density at radius 3 is 2.57 bits per heavy atom. The van der Waals surface area contributed by atoms with Gasteiger partial charge in [-0.2, -0.15) is 0 Å². The van der Waals surface area contributed by atoms with Crippen molar-refractivity contribution in [2.45, 2.75) is 12.5 Å². The van der Waals surface area contributed by atoms with E-state index in [1.807, 2.05) is 0 Å². The lowest BCUT2D eigenvalue weighted by atomic mass is 10.2. The van der Waals surface area contributed by atoms with Gasteiger partial charge in [-0.3, -0.25) is 0 Å². The predicted octanol–water partition coefficient (Wildman–Crippen LogP) is 1.11. The third-order valence-electron chi connectivity index (χ3n) is 1.61. The second-order valence-electron chi connectivity index (χ2n) is 2.66. The number of hydrogen-bond donors (Lipinski definition) is 1. The van der Waals surface area contributed by atoms with Crippen LogP contribution in [0.15, 0.2) is 30.3 Å². The van der Waals surface area contributed by atoms with Crippen LogP contribution in [0.5, 0.6) is 5.75 Å². The van der Waals surface area contributed by atoms with E-state index in [0.29, 0.717) is 12.0 Å². The highest BCUT2D eigenvalue weighted by atomic mass is 16.5. The Balaban J connectivity index is 2.64. The third kappa shape index (κ3) is 2.90. The highest BCUT2D eigenvalue weighted by Gasteiger charge is 2.18. The molecule has 14 heavy (non-hydrogen) atoms. The maximum atomic E-state index is 10.6. The van der Waals surface area contributed by atoms with Crippen molar-refractivity contribution < 1.29 is 19.4 Å². The number of ether oxygens (including phenoxy) is 1. The van der Waals surface area contributed by atoms with Gasteiger partial charge < -0.3 is 14.6 Å². The van der Waals surface area contributed by atoms with Gasteiger partial charge in [0.15, 0.2) is 0 Å². The molecule has 0 aromatic heterocycles. The summed E-state index contributed by atoms with van der Waals surface area (Å²) < 4.78 is 5.09. The van der Waals surface area contributed by atoms with Crippen molar-refractivity contribution in [1.29, 1.82) is 0 Å². The first-order valence-electron chi connectivity index (χ1n) is 4.12. The summed E-state index contributed by atoms with van der Waals surface area (Å²) in [7, 11) is 0. The van der Waals surface area contributed by atoms with Crippen molar-refractivity contribution in [3.05, 3.63) is 30.3 Å². The highest BCUT2D eigenvalue weighted by molar-refractivity contribution is 5.76. The number of carbonyl (C=O) groups excluding carboxylic acids is 1. The maximum Gasteiger partial charge on any atom is 0.345 e. The summed E-state index contributed by atoms with van der Waals surface area (Å²) in [4.78, 5) is 20.8.